The van der Waals surface area contributed by atoms with E-state index in [-0.39, 0.29) is 17.5 Å². The maximum atomic E-state index is 12.7. The number of nitrogens with zero attached hydrogens (tertiary/aromatic N) is 6. The number of fused-ring (bicyclic) bond motifs is 1. The Morgan fingerprint density at radius 3 is 2.54 bits per heavy atom. The van der Waals surface area contributed by atoms with E-state index in [0.29, 0.717) is 5.56 Å². The molecule has 9 heteroatoms. The predicted octanol–water partition coefficient (Wildman–Crippen LogP) is 3.38. The minimum Gasteiger partial charge on any atom is -0.373 e. The van der Waals surface area contributed by atoms with Gasteiger partial charge in [-0.05, 0) is 48.7 Å². The fourth-order valence-corrected chi connectivity index (χ4v) is 5.14. The van der Waals surface area contributed by atoms with Crippen molar-refractivity contribution in [1.29, 1.82) is 0 Å². The van der Waals surface area contributed by atoms with E-state index in [1.165, 1.54) is 16.7 Å². The topological polar surface area (TPSA) is 88.3 Å². The Labute approximate surface area is 216 Å². The van der Waals surface area contributed by atoms with Crippen LogP contribution < -0.4 is 10.9 Å². The zero-order chi connectivity index (χ0) is 26.1. The van der Waals surface area contributed by atoms with Crippen molar-refractivity contribution in [2.75, 3.05) is 39.5 Å². The number of likely N-dealkylation sites (tertiary alicyclic amines) is 1. The van der Waals surface area contributed by atoms with Crippen LogP contribution >= 0.6 is 0 Å². The molecule has 4 aromatic rings. The molecule has 0 unspecified atom stereocenters. The first-order valence-corrected chi connectivity index (χ1v) is 12.6. The van der Waals surface area contributed by atoms with Crippen LogP contribution in [0.15, 0.2) is 59.8 Å². The summed E-state index contributed by atoms with van der Waals surface area (Å²) < 4.78 is 3.95. The molecule has 1 saturated heterocycles. The average Bonchev–Trinajstić information content (AvgIpc) is 3.23. The van der Waals surface area contributed by atoms with Crippen LogP contribution in [0, 0.1) is 0 Å². The number of carbonyl (C=O) groups excluding carboxylic acids is 1. The number of hydrogen-bond donors (Lipinski definition) is 1. The molecule has 0 aromatic carbocycles. The van der Waals surface area contributed by atoms with Gasteiger partial charge in [-0.2, -0.15) is 0 Å². The number of piperidine rings is 1. The largest absolute Gasteiger partial charge is 0.373 e. The summed E-state index contributed by atoms with van der Waals surface area (Å²) in [7, 11) is 7.31. The number of aromatic nitrogens is 4. The SMILES string of the molecule is CNc1ccc(-c2ccnc3c2cc(CN2CCC(n4ccc(C(=O)N(C)C)cc4=O)CC2)n3C)cn1. The number of pyridine rings is 3. The highest BCUT2D eigenvalue weighted by Gasteiger charge is 2.23. The Hall–Kier alpha value is -3.98. The van der Waals surface area contributed by atoms with E-state index in [1.54, 1.807) is 30.9 Å². The summed E-state index contributed by atoms with van der Waals surface area (Å²) in [5.41, 5.74) is 4.66. The molecule has 4 aromatic heterocycles. The first kappa shape index (κ1) is 24.7. The number of rotatable bonds is 6. The minimum atomic E-state index is -0.155. The van der Waals surface area contributed by atoms with Crippen LogP contribution in [-0.2, 0) is 13.6 Å². The maximum absolute atomic E-state index is 12.7. The molecule has 1 N–H and O–H groups in total. The van der Waals surface area contributed by atoms with Crippen molar-refractivity contribution in [3.63, 3.8) is 0 Å². The van der Waals surface area contributed by atoms with E-state index >= 15 is 0 Å². The van der Waals surface area contributed by atoms with Gasteiger partial charge in [-0.3, -0.25) is 14.5 Å². The molecule has 0 saturated carbocycles. The van der Waals surface area contributed by atoms with Gasteiger partial charge in [0.15, 0.2) is 0 Å². The molecule has 0 atom stereocenters. The third-order valence-electron chi connectivity index (χ3n) is 7.30. The molecule has 5 rings (SSSR count). The quantitative estimate of drug-likeness (QED) is 0.438. The molecular formula is C28H33N7O2. The number of amides is 1. The van der Waals surface area contributed by atoms with Gasteiger partial charge in [0, 0.05) is 101 Å². The van der Waals surface area contributed by atoms with Gasteiger partial charge in [0.25, 0.3) is 11.5 Å². The Morgan fingerprint density at radius 2 is 1.89 bits per heavy atom. The average molecular weight is 500 g/mol. The summed E-state index contributed by atoms with van der Waals surface area (Å²) in [6.07, 6.45) is 7.29. The lowest BCUT2D eigenvalue weighted by Crippen LogP contribution is -2.37. The molecule has 0 aliphatic carbocycles. The molecule has 1 aliphatic rings. The molecule has 192 valence electrons. The number of anilines is 1. The Morgan fingerprint density at radius 1 is 1.11 bits per heavy atom. The second-order valence-electron chi connectivity index (χ2n) is 9.84. The van der Waals surface area contributed by atoms with Crippen molar-refractivity contribution >= 4 is 22.8 Å². The van der Waals surface area contributed by atoms with Gasteiger partial charge in [0.1, 0.15) is 11.5 Å². The molecular weight excluding hydrogens is 466 g/mol. The molecule has 0 bridgehead atoms. The third kappa shape index (κ3) is 4.86. The van der Waals surface area contributed by atoms with Crippen molar-refractivity contribution in [3.05, 3.63) is 76.6 Å². The van der Waals surface area contributed by atoms with Gasteiger partial charge in [0.05, 0.1) is 0 Å². The zero-order valence-electron chi connectivity index (χ0n) is 21.8. The first-order valence-electron chi connectivity index (χ1n) is 12.6. The number of aryl methyl sites for hydroxylation is 1. The fraction of sp³-hybridized carbons (Fsp3) is 0.357. The molecule has 37 heavy (non-hydrogen) atoms. The molecule has 1 amide bonds. The normalized spacial score (nSPS) is 14.7. The predicted molar refractivity (Wildman–Crippen MR) is 146 cm³/mol. The van der Waals surface area contributed by atoms with Crippen LogP contribution in [0.4, 0.5) is 5.82 Å². The lowest BCUT2D eigenvalue weighted by atomic mass is 10.0. The van der Waals surface area contributed by atoms with Crippen LogP contribution in [0.2, 0.25) is 0 Å². The molecule has 1 fully saturated rings. The monoisotopic (exact) mass is 499 g/mol. The second-order valence-corrected chi connectivity index (χ2v) is 9.84. The highest BCUT2D eigenvalue weighted by molar-refractivity contribution is 5.94. The van der Waals surface area contributed by atoms with Gasteiger partial charge < -0.3 is 19.4 Å². The van der Waals surface area contributed by atoms with E-state index in [1.807, 2.05) is 31.6 Å². The lowest BCUT2D eigenvalue weighted by molar-refractivity contribution is 0.0827. The number of carbonyl (C=O) groups is 1. The van der Waals surface area contributed by atoms with Crippen LogP contribution in [0.1, 0.15) is 34.9 Å². The summed E-state index contributed by atoms with van der Waals surface area (Å²) in [5.74, 6) is 0.685. The molecule has 5 heterocycles. The van der Waals surface area contributed by atoms with E-state index < -0.39 is 0 Å². The highest BCUT2D eigenvalue weighted by Crippen LogP contribution is 2.31. The van der Waals surface area contributed by atoms with Gasteiger partial charge in [-0.1, -0.05) is 0 Å². The summed E-state index contributed by atoms with van der Waals surface area (Å²) in [6.45, 7) is 2.61. The summed E-state index contributed by atoms with van der Waals surface area (Å²) >= 11 is 0. The van der Waals surface area contributed by atoms with Crippen molar-refractivity contribution in [3.8, 4) is 11.1 Å². The van der Waals surface area contributed by atoms with Crippen LogP contribution in [0.5, 0.6) is 0 Å². The summed E-state index contributed by atoms with van der Waals surface area (Å²) in [5, 5.41) is 4.18. The van der Waals surface area contributed by atoms with Gasteiger partial charge in [-0.15, -0.1) is 0 Å². The van der Waals surface area contributed by atoms with Crippen LogP contribution in [0.25, 0.3) is 22.2 Å². The van der Waals surface area contributed by atoms with Crippen molar-refractivity contribution in [1.82, 2.24) is 28.9 Å². The van der Waals surface area contributed by atoms with Gasteiger partial charge in [0.2, 0.25) is 0 Å². The summed E-state index contributed by atoms with van der Waals surface area (Å²) in [6, 6.07) is 11.7. The van der Waals surface area contributed by atoms with Crippen molar-refractivity contribution in [2.24, 2.45) is 7.05 Å². The lowest BCUT2D eigenvalue weighted by Gasteiger charge is -2.33. The molecule has 0 spiro atoms. The molecule has 9 nitrogen and oxygen atoms in total. The second kappa shape index (κ2) is 10.2. The fourth-order valence-electron chi connectivity index (χ4n) is 5.14. The Kier molecular flexibility index (Phi) is 6.80. The van der Waals surface area contributed by atoms with E-state index in [9.17, 15) is 9.59 Å². The highest BCUT2D eigenvalue weighted by atomic mass is 16.2. The van der Waals surface area contributed by atoms with Crippen LogP contribution in [-0.4, -0.2) is 69.0 Å². The van der Waals surface area contributed by atoms with Crippen molar-refractivity contribution < 1.29 is 4.79 Å². The number of hydrogen-bond acceptors (Lipinski definition) is 6. The van der Waals surface area contributed by atoms with E-state index in [0.717, 1.165) is 60.5 Å². The minimum absolute atomic E-state index is 0.115. The van der Waals surface area contributed by atoms with E-state index in [2.05, 4.69) is 43.9 Å². The van der Waals surface area contributed by atoms with Gasteiger partial charge >= 0.3 is 0 Å². The standard InChI is InChI=1S/C28H33N7O2/c1-29-25-6-5-20(17-31-25)23-7-11-30-27-24(23)16-22(33(27)4)18-34-12-9-21(10-13-34)35-14-8-19(15-26(35)36)28(37)32(2)3/h5-8,11,14-17,21H,9-10,12-13,18H2,1-4H3,(H,29,31). The molecule has 1 aliphatic heterocycles. The molecule has 0 radical (unpaired) electrons. The van der Waals surface area contributed by atoms with E-state index in [4.69, 9.17) is 0 Å². The zero-order valence-corrected chi connectivity index (χ0v) is 21.8. The van der Waals surface area contributed by atoms with Gasteiger partial charge in [-0.25, -0.2) is 9.97 Å². The maximum Gasteiger partial charge on any atom is 0.253 e. The Balaban J connectivity index is 1.30. The first-order chi connectivity index (χ1) is 17.9. The smallest absolute Gasteiger partial charge is 0.253 e. The Bertz CT molecular complexity index is 1480. The van der Waals surface area contributed by atoms with Crippen LogP contribution in [0.3, 0.4) is 0 Å². The number of nitrogens with one attached hydrogen (secondary N) is 1. The van der Waals surface area contributed by atoms with Crippen molar-refractivity contribution in [2.45, 2.75) is 25.4 Å². The summed E-state index contributed by atoms with van der Waals surface area (Å²) in [4.78, 5) is 38.0. The third-order valence-corrected chi connectivity index (χ3v) is 7.30.